The Morgan fingerprint density at radius 3 is 2.89 bits per heavy atom. The summed E-state index contributed by atoms with van der Waals surface area (Å²) in [6.45, 7) is 2.58. The number of carbonyl (C=O) groups is 1. The summed E-state index contributed by atoms with van der Waals surface area (Å²) >= 11 is 2.29. The van der Waals surface area contributed by atoms with Crippen molar-refractivity contribution < 1.29 is 13.9 Å². The molecule has 4 nitrogen and oxygen atoms in total. The quantitative estimate of drug-likeness (QED) is 0.659. The Bertz CT molecular complexity index is 592. The number of benzene rings is 1. The number of furan rings is 1. The maximum Gasteiger partial charge on any atom is 0.374 e. The molecule has 1 N–H and O–H groups in total. The Hall–Kier alpha value is -1.50. The summed E-state index contributed by atoms with van der Waals surface area (Å²) in [4.78, 5) is 11.5. The molecule has 1 aromatic carbocycles. The predicted octanol–water partition coefficient (Wildman–Crippen LogP) is 3.59. The topological polar surface area (TPSA) is 51.5 Å². The second-order valence-corrected chi connectivity index (χ2v) is 5.25. The predicted molar refractivity (Wildman–Crippen MR) is 81.3 cm³/mol. The molecule has 0 amide bonds. The number of methoxy groups -OCH3 is 1. The van der Waals surface area contributed by atoms with Crippen LogP contribution in [-0.4, -0.2) is 13.1 Å². The molecule has 0 aliphatic heterocycles. The van der Waals surface area contributed by atoms with Gasteiger partial charge in [-0.15, -0.1) is 0 Å². The van der Waals surface area contributed by atoms with Crippen LogP contribution in [0.5, 0.6) is 0 Å². The molecule has 0 saturated heterocycles. The van der Waals surface area contributed by atoms with Crippen LogP contribution in [0, 0.1) is 10.5 Å². The van der Waals surface area contributed by atoms with Gasteiger partial charge in [-0.3, -0.25) is 0 Å². The van der Waals surface area contributed by atoms with Crippen LogP contribution in [0.4, 0.5) is 5.69 Å². The van der Waals surface area contributed by atoms with Crippen molar-refractivity contribution in [3.8, 4) is 0 Å². The zero-order chi connectivity index (χ0) is 13.8. The fourth-order valence-corrected chi connectivity index (χ4v) is 2.16. The Labute approximate surface area is 125 Å². The summed E-state index contributed by atoms with van der Waals surface area (Å²) < 4.78 is 11.0. The van der Waals surface area contributed by atoms with Crippen molar-refractivity contribution in [3.05, 3.63) is 51.0 Å². The lowest BCUT2D eigenvalue weighted by atomic mass is 10.2. The number of ether oxygens (including phenoxy) is 1. The minimum atomic E-state index is -0.458. The molecular formula is C14H14INO3. The molecule has 1 heterocycles. The van der Waals surface area contributed by atoms with Crippen molar-refractivity contribution in [2.45, 2.75) is 13.5 Å². The van der Waals surface area contributed by atoms with Gasteiger partial charge >= 0.3 is 5.97 Å². The zero-order valence-corrected chi connectivity index (χ0v) is 12.9. The van der Waals surface area contributed by atoms with Crippen LogP contribution < -0.4 is 5.32 Å². The molecule has 5 heteroatoms. The number of aryl methyl sites for hydroxylation is 1. The molecule has 2 rings (SSSR count). The third kappa shape index (κ3) is 3.28. The fraction of sp³-hybridized carbons (Fsp3) is 0.214. The van der Waals surface area contributed by atoms with E-state index in [0.29, 0.717) is 6.54 Å². The van der Waals surface area contributed by atoms with Crippen LogP contribution in [0.15, 0.2) is 34.9 Å². The second-order valence-electron chi connectivity index (χ2n) is 4.08. The highest BCUT2D eigenvalue weighted by Gasteiger charge is 2.15. The third-order valence-corrected chi connectivity index (χ3v) is 3.93. The van der Waals surface area contributed by atoms with E-state index in [-0.39, 0.29) is 5.76 Å². The minimum Gasteiger partial charge on any atom is -0.463 e. The molecule has 2 aromatic rings. The first-order valence-electron chi connectivity index (χ1n) is 5.76. The van der Waals surface area contributed by atoms with Gasteiger partial charge in [0.25, 0.3) is 0 Å². The summed E-state index contributed by atoms with van der Waals surface area (Å²) in [7, 11) is 1.34. The summed E-state index contributed by atoms with van der Waals surface area (Å²) in [5.41, 5.74) is 3.03. The average molecular weight is 371 g/mol. The molecule has 0 spiro atoms. The first-order chi connectivity index (χ1) is 9.11. The zero-order valence-electron chi connectivity index (χ0n) is 10.7. The maximum absolute atomic E-state index is 11.5. The van der Waals surface area contributed by atoms with Gasteiger partial charge in [-0.25, -0.2) is 4.79 Å². The number of esters is 1. The number of rotatable bonds is 4. The molecule has 100 valence electrons. The van der Waals surface area contributed by atoms with Crippen LogP contribution in [0.1, 0.15) is 21.7 Å². The number of halogens is 1. The van der Waals surface area contributed by atoms with Gasteiger partial charge in [-0.1, -0.05) is 6.07 Å². The van der Waals surface area contributed by atoms with Gasteiger partial charge in [-0.05, 0) is 53.3 Å². The number of hydrogen-bond donors (Lipinski definition) is 1. The molecule has 0 atom stereocenters. The van der Waals surface area contributed by atoms with Crippen LogP contribution in [0.3, 0.4) is 0 Å². The van der Waals surface area contributed by atoms with Crippen molar-refractivity contribution in [1.29, 1.82) is 0 Å². The van der Waals surface area contributed by atoms with E-state index in [1.54, 1.807) is 6.07 Å². The van der Waals surface area contributed by atoms with Crippen molar-refractivity contribution in [3.63, 3.8) is 0 Å². The van der Waals surface area contributed by atoms with Crippen LogP contribution in [-0.2, 0) is 11.3 Å². The molecule has 0 saturated carbocycles. The van der Waals surface area contributed by atoms with Crippen molar-refractivity contribution in [1.82, 2.24) is 0 Å². The average Bonchev–Trinajstić information content (AvgIpc) is 2.87. The van der Waals surface area contributed by atoms with Crippen molar-refractivity contribution >= 4 is 34.2 Å². The van der Waals surface area contributed by atoms with E-state index >= 15 is 0 Å². The lowest BCUT2D eigenvalue weighted by molar-refractivity contribution is 0.0563. The van der Waals surface area contributed by atoms with E-state index in [4.69, 9.17) is 4.42 Å². The minimum absolute atomic E-state index is 0.247. The lowest BCUT2D eigenvalue weighted by Gasteiger charge is -2.07. The van der Waals surface area contributed by atoms with Crippen LogP contribution in [0.25, 0.3) is 0 Å². The molecule has 1 aromatic heterocycles. The summed E-state index contributed by atoms with van der Waals surface area (Å²) in [5, 5.41) is 3.26. The largest absolute Gasteiger partial charge is 0.463 e. The van der Waals surface area contributed by atoms with E-state index in [1.165, 1.54) is 22.5 Å². The summed E-state index contributed by atoms with van der Waals surface area (Å²) in [6, 6.07) is 7.89. The van der Waals surface area contributed by atoms with Gasteiger partial charge < -0.3 is 14.5 Å². The van der Waals surface area contributed by atoms with Crippen LogP contribution >= 0.6 is 22.6 Å². The molecule has 0 fully saturated rings. The van der Waals surface area contributed by atoms with Crippen molar-refractivity contribution in [2.24, 2.45) is 0 Å². The first kappa shape index (κ1) is 13.9. The molecule has 19 heavy (non-hydrogen) atoms. The Balaban J connectivity index is 2.08. The van der Waals surface area contributed by atoms with Gasteiger partial charge in [-0.2, -0.15) is 0 Å². The van der Waals surface area contributed by atoms with Gasteiger partial charge in [0.1, 0.15) is 0 Å². The van der Waals surface area contributed by atoms with Crippen LogP contribution in [0.2, 0.25) is 0 Å². The molecule has 0 unspecified atom stereocenters. The highest BCUT2D eigenvalue weighted by Crippen LogP contribution is 2.19. The van der Waals surface area contributed by atoms with Gasteiger partial charge in [0.15, 0.2) is 0 Å². The highest BCUT2D eigenvalue weighted by atomic mass is 127. The molecule has 0 radical (unpaired) electrons. The normalized spacial score (nSPS) is 10.3. The molecule has 0 bridgehead atoms. The molecule has 0 aliphatic carbocycles. The standard InChI is InChI=1S/C14H14INO3/c1-9-3-4-11(7-12(9)15)16-8-10-5-6-19-13(10)14(17)18-2/h3-7,16H,8H2,1-2H3. The van der Waals surface area contributed by atoms with E-state index in [0.717, 1.165) is 11.3 Å². The van der Waals surface area contributed by atoms with E-state index < -0.39 is 5.97 Å². The van der Waals surface area contributed by atoms with E-state index in [9.17, 15) is 4.79 Å². The summed E-state index contributed by atoms with van der Waals surface area (Å²) in [6.07, 6.45) is 1.49. The molecule has 0 aliphatic rings. The number of anilines is 1. The SMILES string of the molecule is COC(=O)c1occc1CNc1ccc(C)c(I)c1. The van der Waals surface area contributed by atoms with Gasteiger partial charge in [0, 0.05) is 21.4 Å². The monoisotopic (exact) mass is 371 g/mol. The number of hydrogen-bond acceptors (Lipinski definition) is 4. The van der Waals surface area contributed by atoms with Gasteiger partial charge in [0.05, 0.1) is 13.4 Å². The van der Waals surface area contributed by atoms with Crippen molar-refractivity contribution in [2.75, 3.05) is 12.4 Å². The maximum atomic E-state index is 11.5. The highest BCUT2D eigenvalue weighted by molar-refractivity contribution is 14.1. The number of carbonyl (C=O) groups excluding carboxylic acids is 1. The Morgan fingerprint density at radius 1 is 1.42 bits per heavy atom. The van der Waals surface area contributed by atoms with E-state index in [2.05, 4.69) is 51.7 Å². The smallest absolute Gasteiger partial charge is 0.374 e. The molecular weight excluding hydrogens is 357 g/mol. The Kier molecular flexibility index (Phi) is 4.47. The lowest BCUT2D eigenvalue weighted by Crippen LogP contribution is -2.06. The van der Waals surface area contributed by atoms with E-state index in [1.807, 2.05) is 6.07 Å². The Morgan fingerprint density at radius 2 is 2.21 bits per heavy atom. The number of nitrogens with one attached hydrogen (secondary N) is 1. The fourth-order valence-electron chi connectivity index (χ4n) is 1.65. The summed E-state index contributed by atoms with van der Waals surface area (Å²) in [5.74, 6) is -0.211. The first-order valence-corrected chi connectivity index (χ1v) is 6.84. The van der Waals surface area contributed by atoms with Gasteiger partial charge in [0.2, 0.25) is 5.76 Å². The second kappa shape index (κ2) is 6.10. The third-order valence-electron chi connectivity index (χ3n) is 2.77.